The maximum atomic E-state index is 13.8. The van der Waals surface area contributed by atoms with Gasteiger partial charge >= 0.3 is 11.8 Å². The molecule has 0 aliphatic carbocycles. The van der Waals surface area contributed by atoms with Crippen LogP contribution in [0.2, 0.25) is 0 Å². The first kappa shape index (κ1) is 24.5. The van der Waals surface area contributed by atoms with Gasteiger partial charge in [0.15, 0.2) is 11.6 Å². The van der Waals surface area contributed by atoms with Gasteiger partial charge in [-0.1, -0.05) is 23.3 Å². The Morgan fingerprint density at radius 2 is 1.65 bits per heavy atom. The van der Waals surface area contributed by atoms with Crippen molar-refractivity contribution in [1.82, 2.24) is 14.7 Å². The number of piperazine rings is 1. The van der Waals surface area contributed by atoms with Crippen molar-refractivity contribution in [3.05, 3.63) is 95.0 Å². The minimum Gasteiger partial charge on any atom is -0.494 e. The molecule has 1 aliphatic rings. The Balaban J connectivity index is 1.08. The second kappa shape index (κ2) is 11.3. The standard InChI is InChI=1S/C27H26F2N4O4/c28-20-7-12-25(24(29)19-20)36-26-30-33(27(34)37-26)22-8-10-23(11-9-22)35-18-4-13-31-14-16-32(17-15-31)21-5-2-1-3-6-21/h1-3,5-12,19H,4,13-18H2. The molecular weight excluding hydrogens is 482 g/mol. The van der Waals surface area contributed by atoms with Crippen molar-refractivity contribution in [2.45, 2.75) is 6.42 Å². The first-order chi connectivity index (χ1) is 18.0. The van der Waals surface area contributed by atoms with Crippen LogP contribution in [0.5, 0.6) is 17.6 Å². The van der Waals surface area contributed by atoms with Gasteiger partial charge in [0.05, 0.1) is 12.3 Å². The van der Waals surface area contributed by atoms with Gasteiger partial charge in [-0.3, -0.25) is 4.90 Å². The Hall–Kier alpha value is -4.18. The predicted molar refractivity (Wildman–Crippen MR) is 134 cm³/mol. The first-order valence-electron chi connectivity index (χ1n) is 12.0. The van der Waals surface area contributed by atoms with Crippen molar-refractivity contribution < 1.29 is 22.7 Å². The maximum absolute atomic E-state index is 13.8. The normalized spacial score (nSPS) is 14.1. The highest BCUT2D eigenvalue weighted by atomic mass is 19.1. The molecule has 0 atom stereocenters. The van der Waals surface area contributed by atoms with E-state index in [4.69, 9.17) is 13.9 Å². The summed E-state index contributed by atoms with van der Waals surface area (Å²) in [4.78, 5) is 17.0. The quantitative estimate of drug-likeness (QED) is 0.309. The summed E-state index contributed by atoms with van der Waals surface area (Å²) in [5, 5.41) is 3.93. The Labute approximate surface area is 212 Å². The molecule has 0 N–H and O–H groups in total. The average Bonchev–Trinajstić information content (AvgIpc) is 3.29. The van der Waals surface area contributed by atoms with Crippen LogP contribution in [0.1, 0.15) is 6.42 Å². The van der Waals surface area contributed by atoms with Gasteiger partial charge in [0.25, 0.3) is 0 Å². The fourth-order valence-corrected chi connectivity index (χ4v) is 4.15. The van der Waals surface area contributed by atoms with E-state index in [2.05, 4.69) is 39.2 Å². The smallest absolute Gasteiger partial charge is 0.444 e. The lowest BCUT2D eigenvalue weighted by Gasteiger charge is -2.36. The Morgan fingerprint density at radius 1 is 0.892 bits per heavy atom. The van der Waals surface area contributed by atoms with Gasteiger partial charge in [0.1, 0.15) is 11.6 Å². The Kier molecular flexibility index (Phi) is 7.46. The van der Waals surface area contributed by atoms with E-state index in [1.165, 1.54) is 5.69 Å². The number of nitrogens with zero attached hydrogens (tertiary/aromatic N) is 4. The number of anilines is 1. The van der Waals surface area contributed by atoms with E-state index in [-0.39, 0.29) is 5.75 Å². The molecule has 0 radical (unpaired) electrons. The molecule has 5 rings (SSSR count). The number of hydrogen-bond acceptors (Lipinski definition) is 7. The van der Waals surface area contributed by atoms with Crippen LogP contribution in [0.3, 0.4) is 0 Å². The van der Waals surface area contributed by atoms with Crippen molar-refractivity contribution in [3.63, 3.8) is 0 Å². The maximum Gasteiger partial charge on any atom is 0.444 e. The monoisotopic (exact) mass is 508 g/mol. The van der Waals surface area contributed by atoms with Crippen LogP contribution in [0.25, 0.3) is 5.69 Å². The van der Waals surface area contributed by atoms with E-state index in [1.807, 2.05) is 6.07 Å². The van der Waals surface area contributed by atoms with Gasteiger partial charge in [0, 0.05) is 44.5 Å². The molecule has 1 aromatic heterocycles. The summed E-state index contributed by atoms with van der Waals surface area (Å²) in [7, 11) is 0. The van der Waals surface area contributed by atoms with E-state index < -0.39 is 23.5 Å². The average molecular weight is 509 g/mol. The highest BCUT2D eigenvalue weighted by molar-refractivity contribution is 5.46. The number of hydrogen-bond donors (Lipinski definition) is 0. The zero-order valence-electron chi connectivity index (χ0n) is 20.1. The van der Waals surface area contributed by atoms with Gasteiger partial charge in [-0.25, -0.2) is 13.6 Å². The molecule has 2 heterocycles. The molecule has 1 saturated heterocycles. The third-order valence-electron chi connectivity index (χ3n) is 6.08. The van der Waals surface area contributed by atoms with Gasteiger partial charge < -0.3 is 18.8 Å². The molecule has 0 amide bonds. The molecule has 4 aromatic rings. The first-order valence-corrected chi connectivity index (χ1v) is 12.0. The summed E-state index contributed by atoms with van der Waals surface area (Å²) in [5.74, 6) is -2.14. The molecular formula is C27H26F2N4O4. The third-order valence-corrected chi connectivity index (χ3v) is 6.08. The van der Waals surface area contributed by atoms with Gasteiger partial charge in [-0.05, 0) is 55.0 Å². The molecule has 0 spiro atoms. The van der Waals surface area contributed by atoms with Crippen LogP contribution in [0, 0.1) is 11.6 Å². The van der Waals surface area contributed by atoms with Crippen LogP contribution in [-0.2, 0) is 0 Å². The van der Waals surface area contributed by atoms with Crippen molar-refractivity contribution in [1.29, 1.82) is 0 Å². The molecule has 8 nitrogen and oxygen atoms in total. The largest absolute Gasteiger partial charge is 0.494 e. The van der Waals surface area contributed by atoms with Crippen molar-refractivity contribution in [2.24, 2.45) is 0 Å². The summed E-state index contributed by atoms with van der Waals surface area (Å²) in [5.41, 5.74) is 1.69. The molecule has 0 bridgehead atoms. The summed E-state index contributed by atoms with van der Waals surface area (Å²) < 4.78 is 43.7. The Bertz CT molecular complexity index is 1370. The molecule has 37 heavy (non-hydrogen) atoms. The second-order valence-electron chi connectivity index (χ2n) is 8.58. The number of aromatic nitrogens is 2. The summed E-state index contributed by atoms with van der Waals surface area (Å²) >= 11 is 0. The van der Waals surface area contributed by atoms with Crippen LogP contribution >= 0.6 is 0 Å². The number of rotatable bonds is 9. The van der Waals surface area contributed by atoms with E-state index in [0.717, 1.165) is 56.0 Å². The molecule has 1 fully saturated rings. The number of para-hydroxylation sites is 1. The Morgan fingerprint density at radius 3 is 2.38 bits per heavy atom. The summed E-state index contributed by atoms with van der Waals surface area (Å²) in [6, 6.07) is 20.0. The highest BCUT2D eigenvalue weighted by Gasteiger charge is 2.17. The lowest BCUT2D eigenvalue weighted by molar-refractivity contribution is 0.224. The van der Waals surface area contributed by atoms with Crippen LogP contribution < -0.4 is 20.1 Å². The second-order valence-corrected chi connectivity index (χ2v) is 8.58. The number of ether oxygens (including phenoxy) is 2. The van der Waals surface area contributed by atoms with Gasteiger partial charge in [-0.15, -0.1) is 0 Å². The van der Waals surface area contributed by atoms with Gasteiger partial charge in [0.2, 0.25) is 0 Å². The SMILES string of the molecule is O=c1oc(Oc2ccc(F)cc2F)nn1-c1ccc(OCCCN2CCN(c3ccccc3)CC2)cc1. The van der Waals surface area contributed by atoms with Crippen LogP contribution in [0.15, 0.2) is 82.0 Å². The van der Waals surface area contributed by atoms with Crippen molar-refractivity contribution >= 4 is 5.69 Å². The van der Waals surface area contributed by atoms with Gasteiger partial charge in [-0.2, -0.15) is 4.68 Å². The lowest BCUT2D eigenvalue weighted by Crippen LogP contribution is -2.46. The highest BCUT2D eigenvalue weighted by Crippen LogP contribution is 2.23. The van der Waals surface area contributed by atoms with E-state index in [1.54, 1.807) is 24.3 Å². The lowest BCUT2D eigenvalue weighted by atomic mass is 10.2. The summed E-state index contributed by atoms with van der Waals surface area (Å²) in [6.07, 6.45) is 0.441. The molecule has 0 saturated carbocycles. The summed E-state index contributed by atoms with van der Waals surface area (Å²) in [6.45, 7) is 5.61. The fraction of sp³-hybridized carbons (Fsp3) is 0.259. The number of halogens is 2. The molecule has 0 unspecified atom stereocenters. The van der Waals surface area contributed by atoms with Crippen molar-refractivity contribution in [3.8, 4) is 23.3 Å². The van der Waals surface area contributed by atoms with Crippen molar-refractivity contribution in [2.75, 3.05) is 44.2 Å². The molecule has 192 valence electrons. The minimum absolute atomic E-state index is 0.309. The molecule has 3 aromatic carbocycles. The predicted octanol–water partition coefficient (Wildman–Crippen LogP) is 4.49. The fourth-order valence-electron chi connectivity index (χ4n) is 4.15. The van der Waals surface area contributed by atoms with E-state index in [0.29, 0.717) is 24.1 Å². The van der Waals surface area contributed by atoms with E-state index >= 15 is 0 Å². The van der Waals surface area contributed by atoms with Crippen LogP contribution in [0.4, 0.5) is 14.5 Å². The topological polar surface area (TPSA) is 73.0 Å². The minimum atomic E-state index is -0.937. The van der Waals surface area contributed by atoms with E-state index in [9.17, 15) is 13.6 Å². The number of benzene rings is 3. The zero-order valence-corrected chi connectivity index (χ0v) is 20.1. The van der Waals surface area contributed by atoms with Crippen LogP contribution in [-0.4, -0.2) is 54.0 Å². The zero-order chi connectivity index (χ0) is 25.6. The third kappa shape index (κ3) is 6.15. The molecule has 10 heteroatoms. The molecule has 1 aliphatic heterocycles.